The summed E-state index contributed by atoms with van der Waals surface area (Å²) in [5.74, 6) is 0. The first-order chi connectivity index (χ1) is 8.68. The van der Waals surface area contributed by atoms with Gasteiger partial charge in [-0.1, -0.05) is 6.07 Å². The summed E-state index contributed by atoms with van der Waals surface area (Å²) in [5.41, 5.74) is 1.25. The normalized spacial score (nSPS) is 19.9. The number of aromatic nitrogens is 1. The Morgan fingerprint density at radius 2 is 2.33 bits per heavy atom. The van der Waals surface area contributed by atoms with Crippen LogP contribution in [0.3, 0.4) is 0 Å². The molecule has 1 fully saturated rings. The fraction of sp³-hybridized carbons (Fsp3) is 0.643. The molecule has 0 aliphatic carbocycles. The van der Waals surface area contributed by atoms with Crippen LogP contribution in [0, 0.1) is 0 Å². The number of ether oxygens (including phenoxy) is 1. The van der Waals surface area contributed by atoms with Crippen LogP contribution in [-0.4, -0.2) is 48.3 Å². The van der Waals surface area contributed by atoms with Crippen molar-refractivity contribution in [3.05, 3.63) is 30.1 Å². The minimum Gasteiger partial charge on any atom is -0.378 e. The molecule has 100 valence electrons. The Morgan fingerprint density at radius 3 is 3.06 bits per heavy atom. The van der Waals surface area contributed by atoms with Crippen LogP contribution in [0.25, 0.3) is 0 Å². The SMILES string of the molecule is CC1(C)COCCN1CCNCc1ccccn1. The molecule has 1 aliphatic rings. The first-order valence-electron chi connectivity index (χ1n) is 6.62. The molecule has 0 atom stereocenters. The second-order valence-electron chi connectivity index (χ2n) is 5.35. The Balaban J connectivity index is 1.69. The van der Waals surface area contributed by atoms with Crippen LogP contribution >= 0.6 is 0 Å². The lowest BCUT2D eigenvalue weighted by Gasteiger charge is -2.42. The highest BCUT2D eigenvalue weighted by molar-refractivity contribution is 5.02. The molecule has 1 aliphatic heterocycles. The lowest BCUT2D eigenvalue weighted by Crippen LogP contribution is -2.54. The number of pyridine rings is 1. The number of hydrogen-bond donors (Lipinski definition) is 1. The molecule has 2 heterocycles. The van der Waals surface area contributed by atoms with Gasteiger partial charge in [0.1, 0.15) is 0 Å². The Hall–Kier alpha value is -0.970. The molecule has 4 nitrogen and oxygen atoms in total. The van der Waals surface area contributed by atoms with Crippen LogP contribution in [0.1, 0.15) is 19.5 Å². The van der Waals surface area contributed by atoms with Crippen molar-refractivity contribution in [1.82, 2.24) is 15.2 Å². The first-order valence-corrected chi connectivity index (χ1v) is 6.62. The molecule has 2 rings (SSSR count). The molecule has 18 heavy (non-hydrogen) atoms. The lowest BCUT2D eigenvalue weighted by atomic mass is 10.0. The highest BCUT2D eigenvalue weighted by Crippen LogP contribution is 2.17. The highest BCUT2D eigenvalue weighted by atomic mass is 16.5. The minimum absolute atomic E-state index is 0.158. The van der Waals surface area contributed by atoms with Gasteiger partial charge < -0.3 is 10.1 Å². The monoisotopic (exact) mass is 249 g/mol. The average Bonchev–Trinajstić information content (AvgIpc) is 2.37. The van der Waals surface area contributed by atoms with E-state index in [1.807, 2.05) is 24.4 Å². The van der Waals surface area contributed by atoms with E-state index in [1.54, 1.807) is 0 Å². The third-order valence-electron chi connectivity index (χ3n) is 3.41. The van der Waals surface area contributed by atoms with Crippen LogP contribution in [0.4, 0.5) is 0 Å². The maximum absolute atomic E-state index is 5.52. The van der Waals surface area contributed by atoms with Gasteiger partial charge >= 0.3 is 0 Å². The quantitative estimate of drug-likeness (QED) is 0.798. The third kappa shape index (κ3) is 3.77. The van der Waals surface area contributed by atoms with Crippen LogP contribution in [0.15, 0.2) is 24.4 Å². The van der Waals surface area contributed by atoms with Gasteiger partial charge in [0.25, 0.3) is 0 Å². The van der Waals surface area contributed by atoms with Crippen molar-refractivity contribution in [2.45, 2.75) is 25.9 Å². The van der Waals surface area contributed by atoms with E-state index in [0.29, 0.717) is 0 Å². The predicted molar refractivity (Wildman–Crippen MR) is 72.4 cm³/mol. The molecular formula is C14H23N3O. The number of morpholine rings is 1. The van der Waals surface area contributed by atoms with Gasteiger partial charge in [-0.2, -0.15) is 0 Å². The largest absolute Gasteiger partial charge is 0.378 e. The van der Waals surface area contributed by atoms with E-state index in [1.165, 1.54) is 0 Å². The standard InChI is InChI=1S/C14H23N3O/c1-14(2)12-18-10-9-17(14)8-7-15-11-13-5-3-4-6-16-13/h3-6,15H,7-12H2,1-2H3. The van der Waals surface area contributed by atoms with Gasteiger partial charge in [-0.3, -0.25) is 9.88 Å². The molecule has 1 N–H and O–H groups in total. The van der Waals surface area contributed by atoms with Crippen molar-refractivity contribution in [1.29, 1.82) is 0 Å². The molecule has 0 spiro atoms. The van der Waals surface area contributed by atoms with E-state index in [2.05, 4.69) is 29.0 Å². The fourth-order valence-corrected chi connectivity index (χ4v) is 2.24. The summed E-state index contributed by atoms with van der Waals surface area (Å²) >= 11 is 0. The van der Waals surface area contributed by atoms with Crippen molar-refractivity contribution in [2.24, 2.45) is 0 Å². The topological polar surface area (TPSA) is 37.4 Å². The lowest BCUT2D eigenvalue weighted by molar-refractivity contribution is -0.0500. The van der Waals surface area contributed by atoms with Gasteiger partial charge in [-0.05, 0) is 26.0 Å². The zero-order valence-corrected chi connectivity index (χ0v) is 11.4. The van der Waals surface area contributed by atoms with E-state index in [9.17, 15) is 0 Å². The predicted octanol–water partition coefficient (Wildman–Crippen LogP) is 1.28. The Kier molecular flexibility index (Phi) is 4.69. The summed E-state index contributed by atoms with van der Waals surface area (Å²) < 4.78 is 5.52. The van der Waals surface area contributed by atoms with Crippen molar-refractivity contribution >= 4 is 0 Å². The zero-order chi connectivity index (χ0) is 12.8. The van der Waals surface area contributed by atoms with Gasteiger partial charge in [0, 0.05) is 37.9 Å². The Morgan fingerprint density at radius 1 is 1.44 bits per heavy atom. The van der Waals surface area contributed by atoms with E-state index in [-0.39, 0.29) is 5.54 Å². The van der Waals surface area contributed by atoms with Gasteiger partial charge in [-0.25, -0.2) is 0 Å². The van der Waals surface area contributed by atoms with Crippen molar-refractivity contribution in [3.63, 3.8) is 0 Å². The summed E-state index contributed by atoms with van der Waals surface area (Å²) in [6, 6.07) is 6.01. The molecular weight excluding hydrogens is 226 g/mol. The first kappa shape index (κ1) is 13.5. The molecule has 1 aromatic heterocycles. The number of hydrogen-bond acceptors (Lipinski definition) is 4. The summed E-state index contributed by atoms with van der Waals surface area (Å²) in [6.45, 7) is 10.1. The van der Waals surface area contributed by atoms with Crippen molar-refractivity contribution in [2.75, 3.05) is 32.8 Å². The van der Waals surface area contributed by atoms with Gasteiger partial charge in [0.15, 0.2) is 0 Å². The van der Waals surface area contributed by atoms with Gasteiger partial charge in [0.2, 0.25) is 0 Å². The summed E-state index contributed by atoms with van der Waals surface area (Å²) in [6.07, 6.45) is 1.84. The molecule has 0 aromatic carbocycles. The van der Waals surface area contributed by atoms with Crippen LogP contribution in [0.5, 0.6) is 0 Å². The summed E-state index contributed by atoms with van der Waals surface area (Å²) in [5, 5.41) is 3.44. The van der Waals surface area contributed by atoms with Crippen LogP contribution in [0.2, 0.25) is 0 Å². The number of nitrogens with zero attached hydrogens (tertiary/aromatic N) is 2. The van der Waals surface area contributed by atoms with E-state index < -0.39 is 0 Å². The van der Waals surface area contributed by atoms with E-state index in [4.69, 9.17) is 4.74 Å². The zero-order valence-electron chi connectivity index (χ0n) is 11.4. The number of nitrogens with one attached hydrogen (secondary N) is 1. The van der Waals surface area contributed by atoms with Crippen LogP contribution in [-0.2, 0) is 11.3 Å². The Bertz CT molecular complexity index is 353. The van der Waals surface area contributed by atoms with Crippen LogP contribution < -0.4 is 5.32 Å². The molecule has 0 bridgehead atoms. The molecule has 1 aromatic rings. The molecule has 0 radical (unpaired) electrons. The third-order valence-corrected chi connectivity index (χ3v) is 3.41. The molecule has 0 saturated carbocycles. The summed E-state index contributed by atoms with van der Waals surface area (Å²) in [7, 11) is 0. The fourth-order valence-electron chi connectivity index (χ4n) is 2.24. The molecule has 0 amide bonds. The average molecular weight is 249 g/mol. The second kappa shape index (κ2) is 6.27. The Labute approximate surface area is 109 Å². The van der Waals surface area contributed by atoms with Gasteiger partial charge in [0.05, 0.1) is 18.9 Å². The van der Waals surface area contributed by atoms with Crippen molar-refractivity contribution in [3.8, 4) is 0 Å². The maximum Gasteiger partial charge on any atom is 0.0645 e. The van der Waals surface area contributed by atoms with Gasteiger partial charge in [-0.15, -0.1) is 0 Å². The highest BCUT2D eigenvalue weighted by Gasteiger charge is 2.29. The maximum atomic E-state index is 5.52. The molecule has 1 saturated heterocycles. The smallest absolute Gasteiger partial charge is 0.0645 e. The molecule has 0 unspecified atom stereocenters. The summed E-state index contributed by atoms with van der Waals surface area (Å²) in [4.78, 5) is 6.78. The second-order valence-corrected chi connectivity index (χ2v) is 5.35. The minimum atomic E-state index is 0.158. The molecule has 4 heteroatoms. The van der Waals surface area contributed by atoms with E-state index >= 15 is 0 Å². The number of rotatable bonds is 5. The van der Waals surface area contributed by atoms with Crippen molar-refractivity contribution < 1.29 is 4.74 Å². The van der Waals surface area contributed by atoms with E-state index in [0.717, 1.165) is 45.1 Å².